The lowest BCUT2D eigenvalue weighted by Gasteiger charge is -2.45. The zero-order valence-corrected chi connectivity index (χ0v) is 20.9. The molecular formula is C25H21ClN2O5S2. The first-order chi connectivity index (χ1) is 16.9. The number of nitrogens with zero attached hydrogens (tertiary/aromatic N) is 2. The van der Waals surface area contributed by atoms with Crippen LogP contribution < -0.4 is 4.74 Å². The van der Waals surface area contributed by atoms with Crippen LogP contribution in [0.4, 0.5) is 0 Å². The van der Waals surface area contributed by atoms with Crippen molar-refractivity contribution in [2.75, 3.05) is 6.61 Å². The maximum absolute atomic E-state index is 13.7. The molecule has 0 spiro atoms. The van der Waals surface area contributed by atoms with Crippen molar-refractivity contribution in [2.45, 2.75) is 36.8 Å². The van der Waals surface area contributed by atoms with E-state index >= 15 is 0 Å². The van der Waals surface area contributed by atoms with Crippen molar-refractivity contribution in [3.05, 3.63) is 81.1 Å². The molecule has 0 aliphatic carbocycles. The third-order valence-corrected chi connectivity index (χ3v) is 7.88. The third kappa shape index (κ3) is 4.32. The van der Waals surface area contributed by atoms with E-state index in [1.807, 2.05) is 16.8 Å². The fraction of sp³-hybridized carbons (Fsp3) is 0.280. The summed E-state index contributed by atoms with van der Waals surface area (Å²) in [7, 11) is 0. The minimum Gasteiger partial charge on any atom is -0.474 e. The predicted octanol–water partition coefficient (Wildman–Crippen LogP) is 4.55. The van der Waals surface area contributed by atoms with Gasteiger partial charge in [-0.1, -0.05) is 48.7 Å². The Morgan fingerprint density at radius 3 is 2.71 bits per heavy atom. The first-order valence-electron chi connectivity index (χ1n) is 11.0. The van der Waals surface area contributed by atoms with Gasteiger partial charge in [0.25, 0.3) is 0 Å². The number of thiophene rings is 1. The van der Waals surface area contributed by atoms with E-state index in [-0.39, 0.29) is 30.9 Å². The van der Waals surface area contributed by atoms with Crippen molar-refractivity contribution in [1.82, 2.24) is 9.29 Å². The molecule has 3 unspecified atom stereocenters. The molecule has 1 amide bonds. The number of hydrogen-bond acceptors (Lipinski definition) is 8. The van der Waals surface area contributed by atoms with Crippen LogP contribution in [0.25, 0.3) is 0 Å². The van der Waals surface area contributed by atoms with E-state index in [1.54, 1.807) is 42.5 Å². The molecule has 2 aliphatic heterocycles. The number of ether oxygens (including phenoxy) is 2. The molecule has 0 radical (unpaired) electrons. The van der Waals surface area contributed by atoms with Crippen LogP contribution in [0.15, 0.2) is 59.3 Å². The smallest absolute Gasteiger partial charge is 0.306 e. The molecule has 10 heteroatoms. The van der Waals surface area contributed by atoms with Crippen molar-refractivity contribution in [3.8, 4) is 5.88 Å². The molecule has 180 valence electrons. The predicted molar refractivity (Wildman–Crippen MR) is 134 cm³/mol. The number of rotatable bonds is 6. The minimum absolute atomic E-state index is 0.0362. The Morgan fingerprint density at radius 1 is 1.17 bits per heavy atom. The molecule has 0 saturated carbocycles. The summed E-state index contributed by atoms with van der Waals surface area (Å²) in [6.45, 7) is 0.171. The fourth-order valence-corrected chi connectivity index (χ4v) is 5.94. The van der Waals surface area contributed by atoms with E-state index in [0.29, 0.717) is 35.0 Å². The second-order valence-electron chi connectivity index (χ2n) is 8.44. The van der Waals surface area contributed by atoms with Crippen LogP contribution in [0.2, 0.25) is 5.02 Å². The van der Waals surface area contributed by atoms with Gasteiger partial charge in [-0.3, -0.25) is 18.7 Å². The number of ketones is 1. The molecular weight excluding hydrogens is 508 g/mol. The van der Waals surface area contributed by atoms with Gasteiger partial charge in [-0.2, -0.15) is 11.3 Å². The van der Waals surface area contributed by atoms with Crippen LogP contribution in [-0.2, 0) is 24.7 Å². The van der Waals surface area contributed by atoms with Gasteiger partial charge in [-0.15, -0.1) is 0 Å². The number of hydrogen-bond donors (Lipinski definition) is 1. The Bertz CT molecular complexity index is 1280. The van der Waals surface area contributed by atoms with Crippen LogP contribution in [0.3, 0.4) is 0 Å². The number of aromatic nitrogens is 1. The summed E-state index contributed by atoms with van der Waals surface area (Å²) in [5, 5.41) is 4.11. The number of thiol groups is 1. The number of esters is 1. The Morgan fingerprint density at radius 2 is 2.00 bits per heavy atom. The van der Waals surface area contributed by atoms with Gasteiger partial charge >= 0.3 is 5.97 Å². The molecule has 2 fully saturated rings. The number of carbonyl (C=O) groups is 3. The summed E-state index contributed by atoms with van der Waals surface area (Å²) in [5.74, 6) is -1.74. The third-order valence-electron chi connectivity index (χ3n) is 6.32. The summed E-state index contributed by atoms with van der Waals surface area (Å²) < 4.78 is 12.3. The minimum atomic E-state index is -1.23. The topological polar surface area (TPSA) is 85.8 Å². The van der Waals surface area contributed by atoms with E-state index in [1.165, 1.54) is 15.6 Å². The molecule has 7 nitrogen and oxygen atoms in total. The highest BCUT2D eigenvalue weighted by Crippen LogP contribution is 2.48. The van der Waals surface area contributed by atoms with Gasteiger partial charge in [0, 0.05) is 23.9 Å². The van der Waals surface area contributed by atoms with E-state index in [0.717, 1.165) is 5.56 Å². The van der Waals surface area contributed by atoms with Crippen LogP contribution >= 0.6 is 35.8 Å². The van der Waals surface area contributed by atoms with Crippen molar-refractivity contribution >= 4 is 53.4 Å². The van der Waals surface area contributed by atoms with Gasteiger partial charge in [0.05, 0.1) is 5.69 Å². The summed E-state index contributed by atoms with van der Waals surface area (Å²) >= 11 is 12.4. The Kier molecular flexibility index (Phi) is 6.57. The molecule has 35 heavy (non-hydrogen) atoms. The van der Waals surface area contributed by atoms with Crippen molar-refractivity contribution in [3.63, 3.8) is 0 Å². The summed E-state index contributed by atoms with van der Waals surface area (Å²) in [6, 6.07) is 13.9. The maximum atomic E-state index is 13.7. The van der Waals surface area contributed by atoms with Gasteiger partial charge in [0.15, 0.2) is 5.78 Å². The molecule has 0 bridgehead atoms. The quantitative estimate of drug-likeness (QED) is 0.287. The van der Waals surface area contributed by atoms with Crippen molar-refractivity contribution in [1.29, 1.82) is 0 Å². The van der Waals surface area contributed by atoms with Gasteiger partial charge in [0.1, 0.15) is 24.2 Å². The summed E-state index contributed by atoms with van der Waals surface area (Å²) in [4.78, 5) is 43.2. The average Bonchev–Trinajstić information content (AvgIpc) is 3.54. The number of cyclic esters (lactones) is 1. The number of pyridine rings is 1. The van der Waals surface area contributed by atoms with E-state index in [2.05, 4.69) is 17.8 Å². The highest BCUT2D eigenvalue weighted by atomic mass is 35.5. The number of halogens is 1. The lowest BCUT2D eigenvalue weighted by molar-refractivity contribution is -0.143. The Hall–Kier alpha value is -2.88. The van der Waals surface area contributed by atoms with E-state index in [4.69, 9.17) is 21.1 Å². The number of carbonyl (C=O) groups excluding carboxylic acids is 3. The zero-order chi connectivity index (χ0) is 24.6. The standard InChI is InChI=1S/C25H21ClN2O5S2/c26-18-5-2-1-4-17(18)23-19(29)12-25(28(34)24(23)31,15-10-11-35-14-15)20-6-3-7-21(27-20)32-13-16-8-9-22(30)33-16/h1-7,10-11,14,16,23,34H,8-9,12-13H2. The lowest BCUT2D eigenvalue weighted by atomic mass is 9.75. The molecule has 2 saturated heterocycles. The SMILES string of the molecule is O=C1CCC(COc2cccc(C3(c4ccsc4)CC(=O)C(c4ccccc4Cl)C(=O)N3S)n2)O1. The fourth-order valence-electron chi connectivity index (χ4n) is 4.57. The zero-order valence-electron chi connectivity index (χ0n) is 18.4. The molecule has 5 rings (SSSR count). The highest BCUT2D eigenvalue weighted by molar-refractivity contribution is 7.78. The van der Waals surface area contributed by atoms with Crippen LogP contribution in [-0.4, -0.2) is 39.7 Å². The molecule has 0 N–H and O–H groups in total. The summed E-state index contributed by atoms with van der Waals surface area (Å²) in [5.41, 5.74) is 0.407. The number of benzene rings is 1. The first-order valence-corrected chi connectivity index (χ1v) is 12.7. The van der Waals surface area contributed by atoms with E-state index < -0.39 is 17.4 Å². The number of amides is 1. The molecule has 1 aromatic carbocycles. The van der Waals surface area contributed by atoms with Gasteiger partial charge in [0.2, 0.25) is 11.8 Å². The van der Waals surface area contributed by atoms with Gasteiger partial charge in [-0.25, -0.2) is 4.98 Å². The normalized spacial score (nSPS) is 24.5. The molecule has 2 aliphatic rings. The van der Waals surface area contributed by atoms with Crippen LogP contribution in [0, 0.1) is 0 Å². The first kappa shape index (κ1) is 23.8. The molecule has 3 atom stereocenters. The number of piperidine rings is 1. The van der Waals surface area contributed by atoms with Gasteiger partial charge in [-0.05, 0) is 46.5 Å². The number of Topliss-reactive ketones (excluding diaryl/α,β-unsaturated/α-hetero) is 1. The van der Waals surface area contributed by atoms with Crippen molar-refractivity contribution in [2.24, 2.45) is 0 Å². The van der Waals surface area contributed by atoms with Crippen LogP contribution in [0.5, 0.6) is 5.88 Å². The molecule has 4 heterocycles. The Balaban J connectivity index is 1.51. The summed E-state index contributed by atoms with van der Waals surface area (Å²) in [6.07, 6.45) is 0.600. The second kappa shape index (κ2) is 9.64. The van der Waals surface area contributed by atoms with Crippen LogP contribution in [0.1, 0.15) is 42.0 Å². The molecule has 3 aromatic rings. The monoisotopic (exact) mass is 528 g/mol. The lowest BCUT2D eigenvalue weighted by Crippen LogP contribution is -2.54. The van der Waals surface area contributed by atoms with Gasteiger partial charge < -0.3 is 9.47 Å². The molecule has 2 aromatic heterocycles. The average molecular weight is 529 g/mol. The van der Waals surface area contributed by atoms with Crippen molar-refractivity contribution < 1.29 is 23.9 Å². The second-order valence-corrected chi connectivity index (χ2v) is 10.0. The highest BCUT2D eigenvalue weighted by Gasteiger charge is 2.53. The Labute approximate surface area is 216 Å². The van der Waals surface area contributed by atoms with E-state index in [9.17, 15) is 14.4 Å². The largest absolute Gasteiger partial charge is 0.474 e. The maximum Gasteiger partial charge on any atom is 0.306 e.